The van der Waals surface area contributed by atoms with Crippen LogP contribution in [-0.2, 0) is 4.74 Å². The van der Waals surface area contributed by atoms with E-state index in [1.54, 1.807) is 19.1 Å². The molecule has 122 valence electrons. The number of nitrogens with one attached hydrogen (secondary N) is 2. The van der Waals surface area contributed by atoms with Crippen LogP contribution in [0.1, 0.15) is 26.4 Å². The highest BCUT2D eigenvalue weighted by Gasteiger charge is 2.20. The highest BCUT2D eigenvalue weighted by atomic mass is 32.1. The van der Waals surface area contributed by atoms with Gasteiger partial charge in [0, 0.05) is 10.6 Å². The second-order valence-corrected chi connectivity index (χ2v) is 6.66. The highest BCUT2D eigenvalue weighted by molar-refractivity contribution is 7.80. The molecule has 0 saturated heterocycles. The third kappa shape index (κ3) is 3.86. The van der Waals surface area contributed by atoms with Gasteiger partial charge in [0.1, 0.15) is 10.8 Å². The number of hydrogen-bond acceptors (Lipinski definition) is 4. The molecular weight excluding hydrogens is 335 g/mol. The average Bonchev–Trinajstić information content (AvgIpc) is 2.76. The number of hydrogen-bond donors (Lipinski definition) is 2. The summed E-state index contributed by atoms with van der Waals surface area (Å²) in [6, 6.07) is 4.77. The molecule has 0 bridgehead atoms. The zero-order valence-electron chi connectivity index (χ0n) is 13.2. The second-order valence-electron chi connectivity index (χ2n) is 5.02. The average molecular weight is 352 g/mol. The number of methoxy groups -OCH3 is 1. The maximum atomic E-state index is 13.6. The number of ether oxygens (including phenoxy) is 1. The van der Waals surface area contributed by atoms with Crippen molar-refractivity contribution in [3.63, 3.8) is 0 Å². The maximum Gasteiger partial charge on any atom is 0.341 e. The Morgan fingerprint density at radius 2 is 1.96 bits per heavy atom. The Labute approximate surface area is 143 Å². The van der Waals surface area contributed by atoms with Crippen LogP contribution in [0.3, 0.4) is 0 Å². The molecule has 2 N–H and O–H groups in total. The first-order valence-corrected chi connectivity index (χ1v) is 8.08. The van der Waals surface area contributed by atoms with Gasteiger partial charge in [0.15, 0.2) is 5.11 Å². The van der Waals surface area contributed by atoms with E-state index >= 15 is 0 Å². The SMILES string of the molecule is COC(=O)c1c(NC(=S)Nc2ccc(C)c(F)c2)sc(C)c1C. The van der Waals surface area contributed by atoms with Gasteiger partial charge in [-0.3, -0.25) is 0 Å². The van der Waals surface area contributed by atoms with Crippen molar-refractivity contribution < 1.29 is 13.9 Å². The molecule has 0 fully saturated rings. The number of aryl methyl sites for hydroxylation is 2. The number of benzene rings is 1. The number of thiocarbonyl (C=S) groups is 1. The van der Waals surface area contributed by atoms with Crippen molar-refractivity contribution in [2.24, 2.45) is 0 Å². The first kappa shape index (κ1) is 17.4. The molecule has 0 aliphatic carbocycles. The molecule has 2 rings (SSSR count). The summed E-state index contributed by atoms with van der Waals surface area (Å²) in [4.78, 5) is 12.9. The smallest absolute Gasteiger partial charge is 0.341 e. The second kappa shape index (κ2) is 7.06. The molecule has 0 spiro atoms. The van der Waals surface area contributed by atoms with E-state index in [2.05, 4.69) is 10.6 Å². The van der Waals surface area contributed by atoms with E-state index in [0.717, 1.165) is 10.4 Å². The van der Waals surface area contributed by atoms with E-state index in [4.69, 9.17) is 17.0 Å². The summed E-state index contributed by atoms with van der Waals surface area (Å²) in [6.07, 6.45) is 0. The summed E-state index contributed by atoms with van der Waals surface area (Å²) in [6.45, 7) is 5.47. The van der Waals surface area contributed by atoms with E-state index < -0.39 is 5.97 Å². The van der Waals surface area contributed by atoms with Crippen LogP contribution in [-0.4, -0.2) is 18.2 Å². The Bertz CT molecular complexity index is 772. The van der Waals surface area contributed by atoms with Crippen molar-refractivity contribution in [1.82, 2.24) is 0 Å². The monoisotopic (exact) mass is 352 g/mol. The molecule has 0 amide bonds. The van der Waals surface area contributed by atoms with Crippen molar-refractivity contribution in [2.75, 3.05) is 17.7 Å². The molecule has 0 atom stereocenters. The van der Waals surface area contributed by atoms with E-state index in [0.29, 0.717) is 21.8 Å². The fourth-order valence-corrected chi connectivity index (χ4v) is 3.34. The lowest BCUT2D eigenvalue weighted by Crippen LogP contribution is -2.20. The van der Waals surface area contributed by atoms with E-state index in [1.807, 2.05) is 13.8 Å². The van der Waals surface area contributed by atoms with Gasteiger partial charge in [0.25, 0.3) is 0 Å². The Kier molecular flexibility index (Phi) is 5.33. The third-order valence-electron chi connectivity index (χ3n) is 3.43. The minimum absolute atomic E-state index is 0.277. The lowest BCUT2D eigenvalue weighted by molar-refractivity contribution is 0.0601. The summed E-state index contributed by atoms with van der Waals surface area (Å²) >= 11 is 6.65. The van der Waals surface area contributed by atoms with Crippen LogP contribution in [0.15, 0.2) is 18.2 Å². The van der Waals surface area contributed by atoms with Gasteiger partial charge in [0.2, 0.25) is 0 Å². The van der Waals surface area contributed by atoms with Gasteiger partial charge in [-0.25, -0.2) is 9.18 Å². The fourth-order valence-electron chi connectivity index (χ4n) is 2.00. The number of carbonyl (C=O) groups excluding carboxylic acids is 1. The molecule has 4 nitrogen and oxygen atoms in total. The molecule has 0 saturated carbocycles. The molecule has 0 aliphatic heterocycles. The molecule has 1 aromatic heterocycles. The van der Waals surface area contributed by atoms with Crippen LogP contribution in [0.25, 0.3) is 0 Å². The first-order valence-electron chi connectivity index (χ1n) is 6.86. The molecule has 2 aromatic rings. The standard InChI is InChI=1S/C16H17FN2O2S2/c1-8-5-6-11(7-12(8)17)18-16(22)19-14-13(15(20)21-4)9(2)10(3)23-14/h5-7H,1-4H3,(H2,18,19,22). The Morgan fingerprint density at radius 1 is 1.26 bits per heavy atom. The normalized spacial score (nSPS) is 10.3. The Balaban J connectivity index is 2.18. The summed E-state index contributed by atoms with van der Waals surface area (Å²) < 4.78 is 18.4. The fraction of sp³-hybridized carbons (Fsp3) is 0.250. The van der Waals surface area contributed by atoms with Crippen molar-refractivity contribution in [3.05, 3.63) is 45.6 Å². The summed E-state index contributed by atoms with van der Waals surface area (Å²) in [5.41, 5.74) is 2.42. The van der Waals surface area contributed by atoms with Gasteiger partial charge in [-0.1, -0.05) is 6.07 Å². The van der Waals surface area contributed by atoms with Crippen LogP contribution in [0, 0.1) is 26.6 Å². The van der Waals surface area contributed by atoms with Crippen molar-refractivity contribution in [2.45, 2.75) is 20.8 Å². The van der Waals surface area contributed by atoms with Gasteiger partial charge in [-0.15, -0.1) is 11.3 Å². The molecule has 1 heterocycles. The van der Waals surface area contributed by atoms with Gasteiger partial charge < -0.3 is 15.4 Å². The Hall–Kier alpha value is -1.99. The largest absolute Gasteiger partial charge is 0.465 e. The number of rotatable bonds is 3. The highest BCUT2D eigenvalue weighted by Crippen LogP contribution is 2.33. The quantitative estimate of drug-likeness (QED) is 0.633. The van der Waals surface area contributed by atoms with Crippen LogP contribution in [0.4, 0.5) is 15.1 Å². The van der Waals surface area contributed by atoms with Gasteiger partial charge in [-0.2, -0.15) is 0 Å². The van der Waals surface area contributed by atoms with E-state index in [-0.39, 0.29) is 10.9 Å². The molecule has 0 radical (unpaired) electrons. The molecule has 1 aromatic carbocycles. The number of carbonyl (C=O) groups is 1. The number of thiophene rings is 1. The van der Waals surface area contributed by atoms with Crippen LogP contribution >= 0.6 is 23.6 Å². The van der Waals surface area contributed by atoms with Gasteiger partial charge in [-0.05, 0) is 56.2 Å². The topological polar surface area (TPSA) is 50.4 Å². The predicted octanol–water partition coefficient (Wildman–Crippen LogP) is 4.41. The lowest BCUT2D eigenvalue weighted by atomic mass is 10.1. The lowest BCUT2D eigenvalue weighted by Gasteiger charge is -2.11. The molecule has 0 aliphatic rings. The van der Waals surface area contributed by atoms with Crippen LogP contribution in [0.5, 0.6) is 0 Å². The van der Waals surface area contributed by atoms with Gasteiger partial charge >= 0.3 is 5.97 Å². The predicted molar refractivity (Wildman–Crippen MR) is 96.1 cm³/mol. The maximum absolute atomic E-state index is 13.6. The van der Waals surface area contributed by atoms with Crippen molar-refractivity contribution in [3.8, 4) is 0 Å². The van der Waals surface area contributed by atoms with Crippen molar-refractivity contribution in [1.29, 1.82) is 0 Å². The Morgan fingerprint density at radius 3 is 2.57 bits per heavy atom. The zero-order valence-corrected chi connectivity index (χ0v) is 14.9. The van der Waals surface area contributed by atoms with Crippen LogP contribution < -0.4 is 10.6 Å². The summed E-state index contributed by atoms with van der Waals surface area (Å²) in [7, 11) is 1.34. The minimum atomic E-state index is -0.418. The number of anilines is 2. The molecule has 7 heteroatoms. The molecule has 0 unspecified atom stereocenters. The summed E-state index contributed by atoms with van der Waals surface area (Å²) in [5, 5.41) is 6.78. The number of esters is 1. The van der Waals surface area contributed by atoms with Crippen LogP contribution in [0.2, 0.25) is 0 Å². The van der Waals surface area contributed by atoms with Gasteiger partial charge in [0.05, 0.1) is 12.7 Å². The molecular formula is C16H17FN2O2S2. The number of halogens is 1. The summed E-state index contributed by atoms with van der Waals surface area (Å²) in [5.74, 6) is -0.727. The zero-order chi connectivity index (χ0) is 17.1. The minimum Gasteiger partial charge on any atom is -0.465 e. The third-order valence-corrected chi connectivity index (χ3v) is 4.76. The molecule has 23 heavy (non-hydrogen) atoms. The van der Waals surface area contributed by atoms with Crippen molar-refractivity contribution >= 4 is 45.3 Å². The van der Waals surface area contributed by atoms with E-state index in [1.165, 1.54) is 24.5 Å². The van der Waals surface area contributed by atoms with E-state index in [9.17, 15) is 9.18 Å². The first-order chi connectivity index (χ1) is 10.8.